The van der Waals surface area contributed by atoms with Gasteiger partial charge in [-0.2, -0.15) is 0 Å². The summed E-state index contributed by atoms with van der Waals surface area (Å²) in [6, 6.07) is 6.78. The van der Waals surface area contributed by atoms with Crippen LogP contribution in [-0.2, 0) is 17.6 Å². The number of amides is 3. The zero-order valence-electron chi connectivity index (χ0n) is 16.7. The summed E-state index contributed by atoms with van der Waals surface area (Å²) in [4.78, 5) is 38.4. The van der Waals surface area contributed by atoms with Crippen LogP contribution < -0.4 is 15.4 Å². The van der Waals surface area contributed by atoms with Crippen LogP contribution in [-0.4, -0.2) is 31.6 Å². The highest BCUT2D eigenvalue weighted by atomic mass is 32.1. The molecule has 1 atom stereocenters. The molecule has 1 aliphatic rings. The normalized spacial score (nSPS) is 15.2. The third-order valence-electron chi connectivity index (χ3n) is 4.79. The summed E-state index contributed by atoms with van der Waals surface area (Å²) < 4.78 is 9.99. The largest absolute Gasteiger partial charge is 0.497 e. The molecule has 3 amide bonds. The number of carbonyl (C=O) groups excluding carboxylic acids is 3. The van der Waals surface area contributed by atoms with Crippen molar-refractivity contribution in [3.63, 3.8) is 0 Å². The number of alkyl carbamates (subject to hydrolysis) is 1. The maximum Gasteiger partial charge on any atom is 0.414 e. The minimum absolute atomic E-state index is 0.164. The number of fused-ring (bicyclic) bond motifs is 1. The molecule has 0 aliphatic heterocycles. The zero-order valence-corrected chi connectivity index (χ0v) is 17.5. The van der Waals surface area contributed by atoms with Gasteiger partial charge in [0, 0.05) is 10.4 Å². The van der Waals surface area contributed by atoms with Gasteiger partial charge in [-0.25, -0.2) is 4.79 Å². The van der Waals surface area contributed by atoms with Crippen molar-refractivity contribution in [2.24, 2.45) is 5.92 Å². The third-order valence-corrected chi connectivity index (χ3v) is 5.96. The number of methoxy groups -OCH3 is 1. The van der Waals surface area contributed by atoms with Crippen molar-refractivity contribution in [2.45, 2.75) is 33.1 Å². The van der Waals surface area contributed by atoms with Gasteiger partial charge in [-0.15, -0.1) is 11.3 Å². The molecule has 3 rings (SSSR count). The highest BCUT2D eigenvalue weighted by molar-refractivity contribution is 7.17. The van der Waals surface area contributed by atoms with Crippen molar-refractivity contribution in [1.29, 1.82) is 0 Å². The van der Waals surface area contributed by atoms with Crippen LogP contribution in [0, 0.1) is 5.92 Å². The molecule has 0 saturated heterocycles. The van der Waals surface area contributed by atoms with E-state index in [9.17, 15) is 14.4 Å². The van der Waals surface area contributed by atoms with Crippen LogP contribution >= 0.6 is 11.3 Å². The van der Waals surface area contributed by atoms with E-state index >= 15 is 0 Å². The molecule has 0 radical (unpaired) electrons. The number of anilines is 1. The van der Waals surface area contributed by atoms with E-state index in [4.69, 9.17) is 9.47 Å². The Morgan fingerprint density at radius 3 is 2.76 bits per heavy atom. The lowest BCUT2D eigenvalue weighted by Gasteiger charge is -2.18. The Bertz CT molecular complexity index is 937. The summed E-state index contributed by atoms with van der Waals surface area (Å²) in [5, 5.41) is 5.54. The van der Waals surface area contributed by atoms with Crippen LogP contribution in [0.15, 0.2) is 24.3 Å². The Morgan fingerprint density at radius 1 is 1.24 bits per heavy atom. The van der Waals surface area contributed by atoms with Crippen molar-refractivity contribution < 1.29 is 23.9 Å². The van der Waals surface area contributed by atoms with Gasteiger partial charge in [0.05, 0.1) is 19.3 Å². The van der Waals surface area contributed by atoms with E-state index in [1.54, 1.807) is 31.2 Å². The topological polar surface area (TPSA) is 93.7 Å². The predicted molar refractivity (Wildman–Crippen MR) is 111 cm³/mol. The Kier molecular flexibility index (Phi) is 6.53. The molecule has 1 aromatic carbocycles. The van der Waals surface area contributed by atoms with Crippen LogP contribution in [0.2, 0.25) is 0 Å². The lowest BCUT2D eigenvalue weighted by atomic mass is 9.88. The number of rotatable bonds is 5. The summed E-state index contributed by atoms with van der Waals surface area (Å²) in [5.41, 5.74) is 1.66. The second-order valence-corrected chi connectivity index (χ2v) is 8.02. The number of hydrogen-bond donors (Lipinski definition) is 2. The molecule has 1 aliphatic carbocycles. The van der Waals surface area contributed by atoms with E-state index in [2.05, 4.69) is 17.6 Å². The van der Waals surface area contributed by atoms with Gasteiger partial charge in [0.25, 0.3) is 11.8 Å². The lowest BCUT2D eigenvalue weighted by Crippen LogP contribution is -2.32. The Morgan fingerprint density at radius 2 is 2.03 bits per heavy atom. The fourth-order valence-corrected chi connectivity index (χ4v) is 4.74. The third kappa shape index (κ3) is 4.76. The van der Waals surface area contributed by atoms with Gasteiger partial charge in [-0.05, 0) is 55.9 Å². The number of imide groups is 1. The zero-order chi connectivity index (χ0) is 21.0. The number of nitrogens with one attached hydrogen (secondary N) is 2. The highest BCUT2D eigenvalue weighted by Crippen LogP contribution is 2.40. The molecule has 0 saturated carbocycles. The molecule has 7 nitrogen and oxygen atoms in total. The van der Waals surface area contributed by atoms with Gasteiger partial charge < -0.3 is 14.8 Å². The first kappa shape index (κ1) is 20.9. The molecular formula is C21H24N2O5S. The fraction of sp³-hybridized carbons (Fsp3) is 0.381. The molecule has 0 bridgehead atoms. The molecule has 29 heavy (non-hydrogen) atoms. The van der Waals surface area contributed by atoms with Gasteiger partial charge in [0.1, 0.15) is 10.8 Å². The maximum atomic E-state index is 12.8. The predicted octanol–water partition coefficient (Wildman–Crippen LogP) is 4.02. The molecule has 154 valence electrons. The number of carbonyl (C=O) groups is 3. The molecule has 1 aromatic heterocycles. The molecule has 0 spiro atoms. The Balaban J connectivity index is 1.91. The van der Waals surface area contributed by atoms with Crippen molar-refractivity contribution in [3.8, 4) is 5.75 Å². The van der Waals surface area contributed by atoms with E-state index in [1.807, 2.05) is 0 Å². The molecule has 8 heteroatoms. The Labute approximate surface area is 173 Å². The minimum atomic E-state index is -0.799. The number of benzene rings is 1. The van der Waals surface area contributed by atoms with Crippen LogP contribution in [0.5, 0.6) is 5.75 Å². The molecular weight excluding hydrogens is 392 g/mol. The van der Waals surface area contributed by atoms with Crippen molar-refractivity contribution in [2.75, 3.05) is 19.0 Å². The molecule has 0 unspecified atom stereocenters. The number of hydrogen-bond acceptors (Lipinski definition) is 6. The van der Waals surface area contributed by atoms with Crippen molar-refractivity contribution in [1.82, 2.24) is 5.32 Å². The minimum Gasteiger partial charge on any atom is -0.497 e. The standard InChI is InChI=1S/C21H24N2O5S/c1-4-28-21(26)23-19(25)17-15-9-8-12(2)10-16(15)29-20(17)22-18(24)13-6-5-7-14(11-13)27-3/h5-7,11-12H,4,8-10H2,1-3H3,(H,22,24)(H,23,25,26)/t12-/m0/s1. The highest BCUT2D eigenvalue weighted by Gasteiger charge is 2.29. The van der Waals surface area contributed by atoms with Crippen LogP contribution in [0.1, 0.15) is 51.4 Å². The lowest BCUT2D eigenvalue weighted by molar-refractivity contribution is 0.0925. The summed E-state index contributed by atoms with van der Waals surface area (Å²) in [6.07, 6.45) is 1.72. The van der Waals surface area contributed by atoms with E-state index in [1.165, 1.54) is 18.4 Å². The van der Waals surface area contributed by atoms with Gasteiger partial charge in [0.15, 0.2) is 0 Å². The SMILES string of the molecule is CCOC(=O)NC(=O)c1c(NC(=O)c2cccc(OC)c2)sc2c1CC[C@H](C)C2. The van der Waals surface area contributed by atoms with E-state index in [0.29, 0.717) is 27.8 Å². The van der Waals surface area contributed by atoms with Gasteiger partial charge >= 0.3 is 6.09 Å². The molecule has 2 aromatic rings. The number of thiophene rings is 1. The second kappa shape index (κ2) is 9.09. The van der Waals surface area contributed by atoms with E-state index < -0.39 is 12.0 Å². The van der Waals surface area contributed by atoms with Crippen molar-refractivity contribution >= 4 is 34.2 Å². The first-order chi connectivity index (χ1) is 13.9. The molecule has 2 N–H and O–H groups in total. The summed E-state index contributed by atoms with van der Waals surface area (Å²) in [6.45, 7) is 3.99. The quantitative estimate of drug-likeness (QED) is 0.768. The van der Waals surface area contributed by atoms with Gasteiger partial charge in [-0.3, -0.25) is 14.9 Å². The van der Waals surface area contributed by atoms with E-state index in [0.717, 1.165) is 29.7 Å². The van der Waals surface area contributed by atoms with Crippen LogP contribution in [0.25, 0.3) is 0 Å². The van der Waals surface area contributed by atoms with Crippen LogP contribution in [0.4, 0.5) is 9.80 Å². The van der Waals surface area contributed by atoms with Crippen molar-refractivity contribution in [3.05, 3.63) is 45.8 Å². The summed E-state index contributed by atoms with van der Waals surface area (Å²) in [7, 11) is 1.53. The average molecular weight is 416 g/mol. The summed E-state index contributed by atoms with van der Waals surface area (Å²) in [5.74, 6) is 0.165. The first-order valence-electron chi connectivity index (χ1n) is 9.51. The van der Waals surface area contributed by atoms with Gasteiger partial charge in [-0.1, -0.05) is 13.0 Å². The fourth-order valence-electron chi connectivity index (χ4n) is 3.34. The van der Waals surface area contributed by atoms with E-state index in [-0.39, 0.29) is 12.5 Å². The maximum absolute atomic E-state index is 12.8. The van der Waals surface area contributed by atoms with Gasteiger partial charge in [0.2, 0.25) is 0 Å². The first-order valence-corrected chi connectivity index (χ1v) is 10.3. The smallest absolute Gasteiger partial charge is 0.414 e. The number of ether oxygens (including phenoxy) is 2. The average Bonchev–Trinajstić information content (AvgIpc) is 3.04. The monoisotopic (exact) mass is 416 g/mol. The molecule has 0 fully saturated rings. The Hall–Kier alpha value is -2.87. The summed E-state index contributed by atoms with van der Waals surface area (Å²) >= 11 is 1.39. The second-order valence-electron chi connectivity index (χ2n) is 6.92. The van der Waals surface area contributed by atoms with Crippen LogP contribution in [0.3, 0.4) is 0 Å². The molecule has 1 heterocycles.